The first-order valence-corrected chi connectivity index (χ1v) is 7.36. The molecule has 2 aromatic heterocycles. The van der Waals surface area contributed by atoms with E-state index in [0.717, 1.165) is 43.8 Å². The van der Waals surface area contributed by atoms with E-state index in [0.29, 0.717) is 0 Å². The molecule has 0 aliphatic carbocycles. The topological polar surface area (TPSA) is 40.8 Å². The van der Waals surface area contributed by atoms with E-state index in [1.54, 1.807) is 0 Å². The van der Waals surface area contributed by atoms with E-state index < -0.39 is 0 Å². The highest BCUT2D eigenvalue weighted by molar-refractivity contribution is 5.41. The van der Waals surface area contributed by atoms with Crippen LogP contribution in [-0.4, -0.2) is 39.1 Å². The summed E-state index contributed by atoms with van der Waals surface area (Å²) in [6.45, 7) is 7.47. The van der Waals surface area contributed by atoms with Crippen molar-refractivity contribution in [3.63, 3.8) is 0 Å². The number of rotatable bonds is 3. The minimum Gasteiger partial charge on any atom is -0.396 e. The van der Waals surface area contributed by atoms with E-state index >= 15 is 0 Å². The van der Waals surface area contributed by atoms with Gasteiger partial charge in [0.15, 0.2) is 0 Å². The van der Waals surface area contributed by atoms with E-state index in [4.69, 9.17) is 4.98 Å². The summed E-state index contributed by atoms with van der Waals surface area (Å²) in [6.07, 6.45) is 4.41. The lowest BCUT2D eigenvalue weighted by Crippen LogP contribution is -2.43. The van der Waals surface area contributed by atoms with Crippen LogP contribution in [0.2, 0.25) is 0 Å². The molecule has 0 aromatic carbocycles. The van der Waals surface area contributed by atoms with Gasteiger partial charge < -0.3 is 9.51 Å². The maximum atomic E-state index is 9.54. The molecule has 0 amide bonds. The number of fused-ring (bicyclic) bond motifs is 1. The molecule has 1 fully saturated rings. The Hall–Kier alpha value is -1.39. The third-order valence-corrected chi connectivity index (χ3v) is 4.37. The number of pyridine rings is 1. The normalized spacial score (nSPS) is 24.4. The molecular weight excluding hydrogens is 250 g/mol. The van der Waals surface area contributed by atoms with E-state index in [1.807, 2.05) is 12.1 Å². The Kier molecular flexibility index (Phi) is 3.52. The number of likely N-dealkylation sites (tertiary alicyclic amines) is 1. The highest BCUT2D eigenvalue weighted by Gasteiger charge is 2.30. The summed E-state index contributed by atoms with van der Waals surface area (Å²) in [7, 11) is 0. The molecular formula is C16H23N3O. The van der Waals surface area contributed by atoms with Crippen LogP contribution in [0.4, 0.5) is 0 Å². The van der Waals surface area contributed by atoms with Crippen LogP contribution < -0.4 is 0 Å². The smallest absolute Gasteiger partial charge is 0.137 e. The van der Waals surface area contributed by atoms with Crippen molar-refractivity contribution in [1.29, 1.82) is 0 Å². The van der Waals surface area contributed by atoms with Crippen LogP contribution in [0.3, 0.4) is 0 Å². The number of aryl methyl sites for hydroxylation is 1. The molecule has 1 unspecified atom stereocenters. The molecule has 4 heteroatoms. The summed E-state index contributed by atoms with van der Waals surface area (Å²) >= 11 is 0. The molecule has 4 nitrogen and oxygen atoms in total. The van der Waals surface area contributed by atoms with Gasteiger partial charge in [0.05, 0.1) is 5.69 Å². The summed E-state index contributed by atoms with van der Waals surface area (Å²) in [4.78, 5) is 7.11. The number of piperidine rings is 1. The van der Waals surface area contributed by atoms with Crippen molar-refractivity contribution in [2.24, 2.45) is 5.41 Å². The standard InChI is InChI=1S/C16H23N3O/c1-13-5-3-6-15-17-14(10-19(13)15)9-18-8-4-7-16(2,11-18)12-20/h3,5-6,10,20H,4,7-9,11-12H2,1-2H3. The average Bonchev–Trinajstić information content (AvgIpc) is 2.83. The van der Waals surface area contributed by atoms with Crippen molar-refractivity contribution in [2.45, 2.75) is 33.2 Å². The molecule has 2 aromatic rings. The zero-order chi connectivity index (χ0) is 14.2. The number of aliphatic hydroxyl groups excluding tert-OH is 1. The number of nitrogens with zero attached hydrogens (tertiary/aromatic N) is 3. The summed E-state index contributed by atoms with van der Waals surface area (Å²) in [5.74, 6) is 0. The van der Waals surface area contributed by atoms with E-state index in [-0.39, 0.29) is 12.0 Å². The predicted molar refractivity (Wildman–Crippen MR) is 79.6 cm³/mol. The van der Waals surface area contributed by atoms with Crippen molar-refractivity contribution >= 4 is 5.65 Å². The van der Waals surface area contributed by atoms with Crippen molar-refractivity contribution < 1.29 is 5.11 Å². The summed E-state index contributed by atoms with van der Waals surface area (Å²) in [6, 6.07) is 6.19. The molecule has 1 aliphatic rings. The molecule has 20 heavy (non-hydrogen) atoms. The lowest BCUT2D eigenvalue weighted by molar-refractivity contribution is 0.0424. The second kappa shape index (κ2) is 5.19. The third kappa shape index (κ3) is 2.58. The van der Waals surface area contributed by atoms with Crippen LogP contribution in [0.15, 0.2) is 24.4 Å². The number of hydrogen-bond donors (Lipinski definition) is 1. The molecule has 108 valence electrons. The number of aromatic nitrogens is 2. The maximum Gasteiger partial charge on any atom is 0.137 e. The first-order chi connectivity index (χ1) is 9.59. The molecule has 1 N–H and O–H groups in total. The third-order valence-electron chi connectivity index (χ3n) is 4.37. The molecule has 1 aliphatic heterocycles. The molecule has 3 heterocycles. The van der Waals surface area contributed by atoms with Crippen molar-refractivity contribution in [3.05, 3.63) is 35.8 Å². The Labute approximate surface area is 120 Å². The lowest BCUT2D eigenvalue weighted by Gasteiger charge is -2.39. The zero-order valence-electron chi connectivity index (χ0n) is 12.3. The minimum absolute atomic E-state index is 0.0489. The van der Waals surface area contributed by atoms with Crippen LogP contribution in [0.1, 0.15) is 31.2 Å². The first kappa shape index (κ1) is 13.6. The fourth-order valence-electron chi connectivity index (χ4n) is 3.20. The monoisotopic (exact) mass is 273 g/mol. The predicted octanol–water partition coefficient (Wildman–Crippen LogP) is 2.24. The van der Waals surface area contributed by atoms with Gasteiger partial charge in [0, 0.05) is 37.0 Å². The molecule has 1 saturated heterocycles. The molecule has 0 spiro atoms. The quantitative estimate of drug-likeness (QED) is 0.932. The Morgan fingerprint density at radius 3 is 3.00 bits per heavy atom. The molecule has 0 radical (unpaired) electrons. The highest BCUT2D eigenvalue weighted by Crippen LogP contribution is 2.29. The zero-order valence-corrected chi connectivity index (χ0v) is 12.3. The van der Waals surface area contributed by atoms with Gasteiger partial charge in [-0.25, -0.2) is 4.98 Å². The fraction of sp³-hybridized carbons (Fsp3) is 0.562. The van der Waals surface area contributed by atoms with Gasteiger partial charge >= 0.3 is 0 Å². The Morgan fingerprint density at radius 2 is 2.25 bits per heavy atom. The first-order valence-electron chi connectivity index (χ1n) is 7.36. The molecule has 0 bridgehead atoms. The summed E-state index contributed by atoms with van der Waals surface area (Å²) in [5.41, 5.74) is 3.39. The second-order valence-corrected chi connectivity index (χ2v) is 6.41. The Bertz CT molecular complexity index is 607. The van der Waals surface area contributed by atoms with Gasteiger partial charge in [-0.3, -0.25) is 4.90 Å². The molecule has 3 rings (SSSR count). The number of imidazole rings is 1. The average molecular weight is 273 g/mol. The van der Waals surface area contributed by atoms with Crippen LogP contribution in [0.5, 0.6) is 0 Å². The van der Waals surface area contributed by atoms with Crippen molar-refractivity contribution in [2.75, 3.05) is 19.7 Å². The Balaban J connectivity index is 1.77. The van der Waals surface area contributed by atoms with Gasteiger partial charge in [-0.2, -0.15) is 0 Å². The highest BCUT2D eigenvalue weighted by atomic mass is 16.3. The lowest BCUT2D eigenvalue weighted by atomic mass is 9.83. The maximum absolute atomic E-state index is 9.54. The Morgan fingerprint density at radius 1 is 1.40 bits per heavy atom. The van der Waals surface area contributed by atoms with Crippen molar-refractivity contribution in [3.8, 4) is 0 Å². The van der Waals surface area contributed by atoms with Crippen LogP contribution in [-0.2, 0) is 6.54 Å². The van der Waals surface area contributed by atoms with E-state index in [1.165, 1.54) is 5.69 Å². The summed E-state index contributed by atoms with van der Waals surface area (Å²) < 4.78 is 2.14. The summed E-state index contributed by atoms with van der Waals surface area (Å²) in [5, 5.41) is 9.54. The van der Waals surface area contributed by atoms with Crippen LogP contribution in [0, 0.1) is 12.3 Å². The van der Waals surface area contributed by atoms with Gasteiger partial charge in [-0.05, 0) is 38.4 Å². The second-order valence-electron chi connectivity index (χ2n) is 6.41. The van der Waals surface area contributed by atoms with Gasteiger partial charge in [0.2, 0.25) is 0 Å². The van der Waals surface area contributed by atoms with Crippen LogP contribution >= 0.6 is 0 Å². The van der Waals surface area contributed by atoms with Gasteiger partial charge in [-0.15, -0.1) is 0 Å². The van der Waals surface area contributed by atoms with Gasteiger partial charge in [0.25, 0.3) is 0 Å². The SMILES string of the molecule is Cc1cccc2nc(CN3CCCC(C)(CO)C3)cn12. The molecule has 0 saturated carbocycles. The minimum atomic E-state index is 0.0489. The number of aliphatic hydroxyl groups is 1. The van der Waals surface area contributed by atoms with E-state index in [9.17, 15) is 5.11 Å². The largest absolute Gasteiger partial charge is 0.396 e. The number of hydrogen-bond acceptors (Lipinski definition) is 3. The fourth-order valence-corrected chi connectivity index (χ4v) is 3.20. The molecule has 1 atom stereocenters. The van der Waals surface area contributed by atoms with E-state index in [2.05, 4.69) is 35.4 Å². The van der Waals surface area contributed by atoms with Crippen LogP contribution in [0.25, 0.3) is 5.65 Å². The van der Waals surface area contributed by atoms with Gasteiger partial charge in [-0.1, -0.05) is 13.0 Å². The van der Waals surface area contributed by atoms with Crippen molar-refractivity contribution in [1.82, 2.24) is 14.3 Å². The van der Waals surface area contributed by atoms with Gasteiger partial charge in [0.1, 0.15) is 5.65 Å².